The van der Waals surface area contributed by atoms with Gasteiger partial charge in [0.2, 0.25) is 5.91 Å². The summed E-state index contributed by atoms with van der Waals surface area (Å²) in [5.74, 6) is -0.410. The molecule has 2 heterocycles. The molecule has 3 atom stereocenters. The maximum absolute atomic E-state index is 11.4. The number of hydrogen-bond donors (Lipinski definition) is 2. The number of nitrogens with two attached hydrogens (primary N) is 1. The zero-order chi connectivity index (χ0) is 11.2. The van der Waals surface area contributed by atoms with Crippen LogP contribution in [0.3, 0.4) is 0 Å². The number of carbonyl (C=O) groups is 2. The van der Waals surface area contributed by atoms with Crippen LogP contribution in [-0.4, -0.2) is 50.0 Å². The molecule has 15 heavy (non-hydrogen) atoms. The van der Waals surface area contributed by atoms with Gasteiger partial charge in [-0.25, -0.2) is 0 Å². The Morgan fingerprint density at radius 1 is 1.80 bits per heavy atom. The van der Waals surface area contributed by atoms with Gasteiger partial charge in [0, 0.05) is 16.7 Å². The van der Waals surface area contributed by atoms with E-state index in [4.69, 9.17) is 5.73 Å². The first-order chi connectivity index (χ1) is 7.02. The number of rotatable bonds is 2. The number of carboxylic acid groups (broad SMARTS) is 1. The molecule has 0 spiro atoms. The van der Waals surface area contributed by atoms with Crippen molar-refractivity contribution >= 4 is 46.2 Å². The minimum atomic E-state index is -0.823. The van der Waals surface area contributed by atoms with Gasteiger partial charge in [-0.05, 0) is 0 Å². The van der Waals surface area contributed by atoms with E-state index in [1.165, 1.54) is 11.8 Å². The van der Waals surface area contributed by atoms with Crippen LogP contribution in [0.5, 0.6) is 0 Å². The molecule has 2 saturated heterocycles. The third-order valence-electron chi connectivity index (χ3n) is 2.90. The van der Waals surface area contributed by atoms with Crippen LogP contribution in [0, 0.1) is 5.41 Å². The number of nitrogens with zero attached hydrogens (tertiary/aromatic N) is 1. The molecule has 0 bridgehead atoms. The highest BCUT2D eigenvalue weighted by atomic mass is 127. The summed E-state index contributed by atoms with van der Waals surface area (Å²) in [6.45, 7) is 0.301. The monoisotopic (exact) mass is 342 g/mol. The van der Waals surface area contributed by atoms with Gasteiger partial charge in [0.25, 0.3) is 0 Å². The first-order valence-electron chi connectivity index (χ1n) is 4.49. The van der Waals surface area contributed by atoms with Gasteiger partial charge in [0.05, 0.1) is 0 Å². The summed E-state index contributed by atoms with van der Waals surface area (Å²) < 4.78 is 0.513. The fourth-order valence-corrected chi connectivity index (χ4v) is 4.49. The van der Waals surface area contributed by atoms with Gasteiger partial charge < -0.3 is 15.7 Å². The highest BCUT2D eigenvalue weighted by molar-refractivity contribution is 14.1. The number of thioether (sulfide) groups is 1. The van der Waals surface area contributed by atoms with E-state index in [-0.39, 0.29) is 11.3 Å². The molecule has 2 aliphatic rings. The van der Waals surface area contributed by atoms with Gasteiger partial charge >= 0.3 is 5.97 Å². The second-order valence-corrected chi connectivity index (χ2v) is 5.78. The van der Waals surface area contributed by atoms with Gasteiger partial charge in [0.1, 0.15) is 16.8 Å². The van der Waals surface area contributed by atoms with E-state index in [0.29, 0.717) is 16.7 Å². The molecule has 0 saturated carbocycles. The molecule has 5 nitrogen and oxygen atoms in total. The molecule has 0 aliphatic carbocycles. The van der Waals surface area contributed by atoms with E-state index >= 15 is 0 Å². The van der Waals surface area contributed by atoms with Gasteiger partial charge in [-0.2, -0.15) is 0 Å². The van der Waals surface area contributed by atoms with Crippen LogP contribution >= 0.6 is 34.4 Å². The van der Waals surface area contributed by atoms with Crippen LogP contribution in [0.2, 0.25) is 0 Å². The summed E-state index contributed by atoms with van der Waals surface area (Å²) in [6, 6.07) is -0.434. The Balaban J connectivity index is 2.15. The first kappa shape index (κ1) is 11.5. The van der Waals surface area contributed by atoms with E-state index in [1.54, 1.807) is 4.90 Å². The lowest BCUT2D eigenvalue weighted by Crippen LogP contribution is -2.72. The highest BCUT2D eigenvalue weighted by Gasteiger charge is 2.55. The maximum Gasteiger partial charge on any atom is 0.313 e. The number of carboxylic acids is 1. The molecule has 1 unspecified atom stereocenters. The van der Waals surface area contributed by atoms with E-state index in [0.717, 1.165) is 0 Å². The van der Waals surface area contributed by atoms with Gasteiger partial charge in [-0.3, -0.25) is 9.59 Å². The van der Waals surface area contributed by atoms with E-state index in [1.807, 2.05) is 0 Å². The predicted octanol–water partition coefficient (Wildman–Crippen LogP) is -0.265. The van der Waals surface area contributed by atoms with Crippen molar-refractivity contribution in [3.05, 3.63) is 0 Å². The molecule has 2 fully saturated rings. The summed E-state index contributed by atoms with van der Waals surface area (Å²) >= 11 is 3.54. The third kappa shape index (κ3) is 1.55. The molecule has 0 aromatic heterocycles. The fourth-order valence-electron chi connectivity index (χ4n) is 1.80. The molecule has 2 aliphatic heterocycles. The molecule has 3 N–H and O–H groups in total. The van der Waals surface area contributed by atoms with Crippen molar-refractivity contribution in [3.63, 3.8) is 0 Å². The number of alkyl halides is 1. The van der Waals surface area contributed by atoms with Crippen molar-refractivity contribution < 1.29 is 14.7 Å². The van der Waals surface area contributed by atoms with Crippen LogP contribution in [0.4, 0.5) is 0 Å². The average molecular weight is 342 g/mol. The molecular formula is C8H11IN2O3S. The fraction of sp³-hybridized carbons (Fsp3) is 0.750. The Hall–Kier alpha value is -0.0200. The quantitative estimate of drug-likeness (QED) is 0.410. The van der Waals surface area contributed by atoms with Gasteiger partial charge in [0.15, 0.2) is 0 Å². The van der Waals surface area contributed by atoms with Crippen molar-refractivity contribution in [2.75, 3.05) is 16.7 Å². The molecule has 0 aromatic rings. The van der Waals surface area contributed by atoms with Crippen LogP contribution in [0.15, 0.2) is 0 Å². The van der Waals surface area contributed by atoms with Crippen molar-refractivity contribution in [1.29, 1.82) is 0 Å². The zero-order valence-electron chi connectivity index (χ0n) is 7.85. The second-order valence-electron chi connectivity index (χ2n) is 3.91. The van der Waals surface area contributed by atoms with Crippen molar-refractivity contribution in [2.24, 2.45) is 11.1 Å². The third-order valence-corrected chi connectivity index (χ3v) is 5.96. The number of amides is 1. The number of carbonyl (C=O) groups excluding carboxylic acids is 1. The summed E-state index contributed by atoms with van der Waals surface area (Å²) in [4.78, 5) is 24.2. The summed E-state index contributed by atoms with van der Waals surface area (Å²) in [7, 11) is 0. The minimum absolute atomic E-state index is 0.00655. The zero-order valence-corrected chi connectivity index (χ0v) is 10.8. The highest BCUT2D eigenvalue weighted by Crippen LogP contribution is 2.42. The van der Waals surface area contributed by atoms with Gasteiger partial charge in [-0.1, -0.05) is 22.6 Å². The lowest BCUT2D eigenvalue weighted by atomic mass is 9.90. The number of hydrogen-bond acceptors (Lipinski definition) is 4. The normalized spacial score (nSPS) is 39.6. The minimum Gasteiger partial charge on any atom is -0.481 e. The van der Waals surface area contributed by atoms with Crippen molar-refractivity contribution in [1.82, 2.24) is 4.90 Å². The molecule has 7 heteroatoms. The predicted molar refractivity (Wildman–Crippen MR) is 64.9 cm³/mol. The lowest BCUT2D eigenvalue weighted by molar-refractivity contribution is -0.155. The number of fused-ring (bicyclic) bond motifs is 1. The number of aliphatic carboxylic acids is 1. The van der Waals surface area contributed by atoms with Crippen LogP contribution in [-0.2, 0) is 9.59 Å². The maximum atomic E-state index is 11.4. The summed E-state index contributed by atoms with van der Waals surface area (Å²) in [6.07, 6.45) is 0. The summed E-state index contributed by atoms with van der Waals surface area (Å²) in [5.41, 5.74) is 4.83. The molecular weight excluding hydrogens is 331 g/mol. The van der Waals surface area contributed by atoms with E-state index in [9.17, 15) is 14.7 Å². The summed E-state index contributed by atoms with van der Waals surface area (Å²) in [5, 5.41) is 9.18. The molecule has 2 rings (SSSR count). The molecule has 0 aromatic carbocycles. The van der Waals surface area contributed by atoms with Crippen molar-refractivity contribution in [2.45, 2.75) is 11.4 Å². The Morgan fingerprint density at radius 2 is 2.47 bits per heavy atom. The van der Waals surface area contributed by atoms with Crippen molar-refractivity contribution in [3.8, 4) is 0 Å². The Bertz CT molecular complexity index is 327. The second kappa shape index (κ2) is 3.77. The van der Waals surface area contributed by atoms with E-state index in [2.05, 4.69) is 22.6 Å². The van der Waals surface area contributed by atoms with Crippen LogP contribution < -0.4 is 5.73 Å². The lowest BCUT2D eigenvalue weighted by Gasteiger charge is -2.52. The van der Waals surface area contributed by atoms with Crippen LogP contribution in [0.25, 0.3) is 0 Å². The molecule has 84 valence electrons. The Morgan fingerprint density at radius 3 is 3.00 bits per heavy atom. The average Bonchev–Trinajstić information content (AvgIpc) is 2.26. The topological polar surface area (TPSA) is 83.6 Å². The largest absolute Gasteiger partial charge is 0.481 e. The molecule has 1 amide bonds. The first-order valence-corrected chi connectivity index (χ1v) is 7.06. The smallest absolute Gasteiger partial charge is 0.313 e. The number of halogens is 1. The molecule has 0 radical (unpaired) electrons. The number of β-lactam (4-membered cyclic amide) rings is 1. The standard InChI is InChI=1S/C8H11IN2O3S/c9-1-8(7(13)14)2-11-5(12)4(10)6(11)15-3-8/h4,6H,1-3,10H2,(H,13,14)/t4-,6-,8?/m1/s1. The van der Waals surface area contributed by atoms with Crippen LogP contribution in [0.1, 0.15) is 0 Å². The Kier molecular flexibility index (Phi) is 2.89. The van der Waals surface area contributed by atoms with E-state index < -0.39 is 17.4 Å². The van der Waals surface area contributed by atoms with Gasteiger partial charge in [-0.15, -0.1) is 11.8 Å². The SMILES string of the molecule is N[C@@H]1C(=O)N2CC(CI)(C(=O)O)CS[C@H]12. The Labute approximate surface area is 105 Å².